The number of benzene rings is 1. The molecule has 0 saturated heterocycles. The normalized spacial score (nSPS) is 10.6. The molecule has 0 spiro atoms. The SMILES string of the molecule is COC(=O)c1cc2sc(N(C)C(=O)Nc3ccc(C)cc3)cc2oc1=O. The highest BCUT2D eigenvalue weighted by Crippen LogP contribution is 2.32. The van der Waals surface area contributed by atoms with Crippen LogP contribution in [0.15, 0.2) is 45.6 Å². The third-order valence-electron chi connectivity index (χ3n) is 3.75. The van der Waals surface area contributed by atoms with Gasteiger partial charge in [0.2, 0.25) is 0 Å². The summed E-state index contributed by atoms with van der Waals surface area (Å²) in [5.74, 6) is -0.763. The molecular formula is C18H16N2O5S. The van der Waals surface area contributed by atoms with Gasteiger partial charge in [0.05, 0.1) is 11.8 Å². The molecule has 0 atom stereocenters. The maximum atomic E-state index is 12.4. The molecule has 0 aliphatic rings. The van der Waals surface area contributed by atoms with E-state index in [9.17, 15) is 14.4 Å². The topological polar surface area (TPSA) is 88.8 Å². The molecular weight excluding hydrogens is 356 g/mol. The van der Waals surface area contributed by atoms with Crippen LogP contribution in [0.5, 0.6) is 0 Å². The van der Waals surface area contributed by atoms with Crippen molar-refractivity contribution in [3.05, 3.63) is 57.9 Å². The van der Waals surface area contributed by atoms with E-state index in [1.54, 1.807) is 13.1 Å². The molecule has 2 amide bonds. The van der Waals surface area contributed by atoms with E-state index in [0.717, 1.165) is 5.56 Å². The molecule has 2 aromatic heterocycles. The van der Waals surface area contributed by atoms with Gasteiger partial charge in [-0.3, -0.25) is 4.90 Å². The summed E-state index contributed by atoms with van der Waals surface area (Å²) in [6, 6.07) is 10.1. The summed E-state index contributed by atoms with van der Waals surface area (Å²) in [4.78, 5) is 37.3. The molecule has 0 aliphatic carbocycles. The first-order chi connectivity index (χ1) is 12.4. The quantitative estimate of drug-likeness (QED) is 0.710. The molecule has 8 heteroatoms. The second-order valence-electron chi connectivity index (χ2n) is 5.61. The number of methoxy groups -OCH3 is 1. The van der Waals surface area contributed by atoms with E-state index in [1.165, 1.54) is 29.4 Å². The highest BCUT2D eigenvalue weighted by molar-refractivity contribution is 7.22. The van der Waals surface area contributed by atoms with E-state index in [2.05, 4.69) is 10.1 Å². The fraction of sp³-hybridized carbons (Fsp3) is 0.167. The number of hydrogen-bond donors (Lipinski definition) is 1. The predicted octanol–water partition coefficient (Wildman–Crippen LogP) is 3.62. The van der Waals surface area contributed by atoms with E-state index in [-0.39, 0.29) is 11.6 Å². The highest BCUT2D eigenvalue weighted by Gasteiger charge is 2.19. The van der Waals surface area contributed by atoms with Gasteiger partial charge >= 0.3 is 17.6 Å². The molecule has 1 N–H and O–H groups in total. The van der Waals surface area contributed by atoms with Crippen LogP contribution in [-0.4, -0.2) is 26.2 Å². The fourth-order valence-corrected chi connectivity index (χ4v) is 3.25. The summed E-state index contributed by atoms with van der Waals surface area (Å²) < 4.78 is 10.3. The number of anilines is 2. The van der Waals surface area contributed by atoms with Gasteiger partial charge < -0.3 is 14.5 Å². The predicted molar refractivity (Wildman–Crippen MR) is 100 cm³/mol. The Labute approximate surface area is 152 Å². The molecule has 1 aromatic carbocycles. The average molecular weight is 372 g/mol. The number of hydrogen-bond acceptors (Lipinski definition) is 6. The average Bonchev–Trinajstić information content (AvgIpc) is 3.04. The monoisotopic (exact) mass is 372 g/mol. The van der Waals surface area contributed by atoms with Gasteiger partial charge in [-0.05, 0) is 25.1 Å². The maximum Gasteiger partial charge on any atom is 0.351 e. The Kier molecular flexibility index (Phi) is 4.77. The van der Waals surface area contributed by atoms with Crippen LogP contribution < -0.4 is 15.8 Å². The van der Waals surface area contributed by atoms with Crippen LogP contribution >= 0.6 is 11.3 Å². The Hall–Kier alpha value is -3.13. The summed E-state index contributed by atoms with van der Waals surface area (Å²) in [5, 5.41) is 3.35. The van der Waals surface area contributed by atoms with Crippen LogP contribution in [0, 0.1) is 6.92 Å². The van der Waals surface area contributed by atoms with E-state index >= 15 is 0 Å². The number of carbonyl (C=O) groups excluding carboxylic acids is 2. The van der Waals surface area contributed by atoms with Crippen molar-refractivity contribution in [1.82, 2.24) is 0 Å². The minimum absolute atomic E-state index is 0.180. The summed E-state index contributed by atoms with van der Waals surface area (Å²) in [7, 11) is 2.79. The van der Waals surface area contributed by atoms with Crippen LogP contribution in [0.25, 0.3) is 10.3 Å². The van der Waals surface area contributed by atoms with E-state index < -0.39 is 11.6 Å². The summed E-state index contributed by atoms with van der Waals surface area (Å²) in [6.45, 7) is 1.96. The second kappa shape index (κ2) is 7.01. The lowest BCUT2D eigenvalue weighted by Gasteiger charge is -2.15. The Balaban J connectivity index is 1.87. The smallest absolute Gasteiger partial charge is 0.351 e. The van der Waals surface area contributed by atoms with Crippen molar-refractivity contribution in [2.75, 3.05) is 24.4 Å². The lowest BCUT2D eigenvalue weighted by atomic mass is 10.2. The van der Waals surface area contributed by atoms with E-state index in [1.807, 2.05) is 31.2 Å². The Morgan fingerprint density at radius 1 is 1.19 bits per heavy atom. The molecule has 0 radical (unpaired) electrons. The third-order valence-corrected chi connectivity index (χ3v) is 4.89. The fourth-order valence-electron chi connectivity index (χ4n) is 2.26. The van der Waals surface area contributed by atoms with Crippen molar-refractivity contribution in [3.63, 3.8) is 0 Å². The van der Waals surface area contributed by atoms with Gasteiger partial charge in [-0.25, -0.2) is 14.4 Å². The number of thiophene rings is 1. The number of nitrogens with zero attached hydrogens (tertiary/aromatic N) is 1. The molecule has 26 heavy (non-hydrogen) atoms. The Morgan fingerprint density at radius 3 is 2.54 bits per heavy atom. The van der Waals surface area contributed by atoms with Crippen LogP contribution in [0.4, 0.5) is 15.5 Å². The molecule has 7 nitrogen and oxygen atoms in total. The number of ether oxygens (including phenoxy) is 1. The van der Waals surface area contributed by atoms with Crippen molar-refractivity contribution in [3.8, 4) is 0 Å². The largest absolute Gasteiger partial charge is 0.465 e. The zero-order valence-corrected chi connectivity index (χ0v) is 15.2. The van der Waals surface area contributed by atoms with Gasteiger partial charge in [0.15, 0.2) is 5.58 Å². The van der Waals surface area contributed by atoms with Crippen molar-refractivity contribution in [1.29, 1.82) is 0 Å². The Morgan fingerprint density at radius 2 is 1.88 bits per heavy atom. The molecule has 0 fully saturated rings. The first kappa shape index (κ1) is 17.7. The number of amides is 2. The number of aryl methyl sites for hydroxylation is 1. The molecule has 3 aromatic rings. The zero-order chi connectivity index (χ0) is 18.8. The van der Waals surface area contributed by atoms with Gasteiger partial charge in [-0.2, -0.15) is 0 Å². The molecule has 0 bridgehead atoms. The molecule has 0 saturated carbocycles. The molecule has 3 rings (SSSR count). The van der Waals surface area contributed by atoms with Crippen LogP contribution in [-0.2, 0) is 4.74 Å². The van der Waals surface area contributed by atoms with Gasteiger partial charge in [-0.15, -0.1) is 11.3 Å². The van der Waals surface area contributed by atoms with Crippen molar-refractivity contribution >= 4 is 44.3 Å². The van der Waals surface area contributed by atoms with Crippen LogP contribution in [0.2, 0.25) is 0 Å². The van der Waals surface area contributed by atoms with Gasteiger partial charge in [0.1, 0.15) is 10.6 Å². The number of fused-ring (bicyclic) bond motifs is 1. The highest BCUT2D eigenvalue weighted by atomic mass is 32.1. The van der Waals surface area contributed by atoms with Crippen molar-refractivity contribution in [2.24, 2.45) is 0 Å². The number of esters is 1. The molecule has 2 heterocycles. The van der Waals surface area contributed by atoms with Gasteiger partial charge in [0, 0.05) is 18.8 Å². The first-order valence-corrected chi connectivity index (χ1v) is 8.48. The van der Waals surface area contributed by atoms with Crippen molar-refractivity contribution in [2.45, 2.75) is 6.92 Å². The molecule has 134 valence electrons. The summed E-state index contributed by atoms with van der Waals surface area (Å²) in [6.07, 6.45) is 0. The van der Waals surface area contributed by atoms with Gasteiger partial charge in [-0.1, -0.05) is 17.7 Å². The maximum absolute atomic E-state index is 12.4. The standard InChI is InChI=1S/C18H16N2O5S/c1-10-4-6-11(7-5-10)19-18(23)20(2)15-9-13-14(26-15)8-12(16(21)24-3)17(22)25-13/h4-9H,1-3H3,(H,19,23). The summed E-state index contributed by atoms with van der Waals surface area (Å²) in [5.41, 5.74) is 1.11. The lowest BCUT2D eigenvalue weighted by molar-refractivity contribution is 0.0596. The van der Waals surface area contributed by atoms with Gasteiger partial charge in [0.25, 0.3) is 0 Å². The number of rotatable bonds is 3. The van der Waals surface area contributed by atoms with Crippen molar-refractivity contribution < 1.29 is 18.7 Å². The zero-order valence-electron chi connectivity index (χ0n) is 14.4. The van der Waals surface area contributed by atoms with Crippen LogP contribution in [0.3, 0.4) is 0 Å². The third kappa shape index (κ3) is 3.45. The molecule has 0 aliphatic heterocycles. The first-order valence-electron chi connectivity index (χ1n) is 7.66. The lowest BCUT2D eigenvalue weighted by Crippen LogP contribution is -2.30. The number of carbonyl (C=O) groups is 2. The summed E-state index contributed by atoms with van der Waals surface area (Å²) >= 11 is 1.22. The second-order valence-corrected chi connectivity index (χ2v) is 6.67. The minimum Gasteiger partial charge on any atom is -0.465 e. The minimum atomic E-state index is -0.777. The number of urea groups is 1. The van der Waals surface area contributed by atoms with E-state index in [0.29, 0.717) is 21.0 Å². The Bertz CT molecular complexity index is 1040. The van der Waals surface area contributed by atoms with E-state index in [4.69, 9.17) is 4.42 Å². The van der Waals surface area contributed by atoms with Crippen LogP contribution in [0.1, 0.15) is 15.9 Å². The molecule has 0 unspecified atom stereocenters. The number of nitrogens with one attached hydrogen (secondary N) is 1.